The zero-order valence-electron chi connectivity index (χ0n) is 17.8. The smallest absolute Gasteiger partial charge is 0.278 e. The molecule has 3 rings (SSSR count). The average Bonchev–Trinajstić information content (AvgIpc) is 3.07. The standard InChI is InChI=1S/C21H33N3O4S/c1-4-17(2)24(18-9-14-29(26,27)16-18)21(25)15-22-10-12-23(13-11-22)19-7-5-6-8-20(19)28-3/h5-8,17-18H,4,9-16H2,1-3H3/p+1/t17-,18+/m1/s1. The molecule has 2 heterocycles. The number of para-hydroxylation sites is 2. The van der Waals surface area contributed by atoms with Crippen molar-refractivity contribution in [3.8, 4) is 5.75 Å². The lowest BCUT2D eigenvalue weighted by Gasteiger charge is -2.37. The summed E-state index contributed by atoms with van der Waals surface area (Å²) in [4.78, 5) is 18.6. The van der Waals surface area contributed by atoms with Gasteiger partial charge in [-0.1, -0.05) is 19.1 Å². The number of hydrogen-bond acceptors (Lipinski definition) is 5. The van der Waals surface area contributed by atoms with Crippen molar-refractivity contribution in [2.24, 2.45) is 0 Å². The zero-order chi connectivity index (χ0) is 21.0. The van der Waals surface area contributed by atoms with E-state index in [-0.39, 0.29) is 29.5 Å². The molecule has 0 unspecified atom stereocenters. The van der Waals surface area contributed by atoms with Gasteiger partial charge in [-0.3, -0.25) is 4.79 Å². The van der Waals surface area contributed by atoms with E-state index in [1.807, 2.05) is 36.9 Å². The highest BCUT2D eigenvalue weighted by Gasteiger charge is 2.38. The van der Waals surface area contributed by atoms with Gasteiger partial charge in [-0.15, -0.1) is 0 Å². The molecular weight excluding hydrogens is 390 g/mol. The highest BCUT2D eigenvalue weighted by molar-refractivity contribution is 7.91. The molecule has 2 aliphatic heterocycles. The first-order chi connectivity index (χ1) is 13.8. The normalized spacial score (nSPS) is 23.0. The largest absolute Gasteiger partial charge is 0.495 e. The number of carbonyl (C=O) groups is 1. The molecule has 0 radical (unpaired) electrons. The van der Waals surface area contributed by atoms with Gasteiger partial charge < -0.3 is 19.4 Å². The summed E-state index contributed by atoms with van der Waals surface area (Å²) in [6.07, 6.45) is 1.40. The molecule has 1 aromatic rings. The van der Waals surface area contributed by atoms with Crippen LogP contribution in [0.5, 0.6) is 5.75 Å². The van der Waals surface area contributed by atoms with Crippen LogP contribution in [0.15, 0.2) is 24.3 Å². The third-order valence-corrected chi connectivity index (χ3v) is 8.00. The van der Waals surface area contributed by atoms with E-state index in [1.54, 1.807) is 7.11 Å². The highest BCUT2D eigenvalue weighted by atomic mass is 32.2. The Morgan fingerprint density at radius 1 is 1.31 bits per heavy atom. The molecule has 2 atom stereocenters. The van der Waals surface area contributed by atoms with Gasteiger partial charge in [0.05, 0.1) is 50.5 Å². The van der Waals surface area contributed by atoms with Crippen molar-refractivity contribution >= 4 is 21.4 Å². The third-order valence-electron chi connectivity index (χ3n) is 6.25. The molecule has 2 aliphatic rings. The second-order valence-electron chi connectivity index (χ2n) is 8.20. The fourth-order valence-corrected chi connectivity index (χ4v) is 6.15. The Morgan fingerprint density at radius 3 is 2.59 bits per heavy atom. The first-order valence-electron chi connectivity index (χ1n) is 10.6. The molecule has 2 fully saturated rings. The van der Waals surface area contributed by atoms with E-state index in [9.17, 15) is 13.2 Å². The van der Waals surface area contributed by atoms with Crippen LogP contribution in [-0.4, -0.2) is 82.6 Å². The molecule has 0 saturated carbocycles. The van der Waals surface area contributed by atoms with Crippen LogP contribution in [0.3, 0.4) is 0 Å². The van der Waals surface area contributed by atoms with Gasteiger partial charge in [0.2, 0.25) is 0 Å². The number of amides is 1. The number of benzene rings is 1. The molecule has 0 bridgehead atoms. The molecular formula is C21H34N3O4S+. The maximum Gasteiger partial charge on any atom is 0.278 e. The summed E-state index contributed by atoms with van der Waals surface area (Å²) in [6.45, 7) is 7.99. The summed E-state index contributed by atoms with van der Waals surface area (Å²) < 4.78 is 29.3. The minimum atomic E-state index is -3.01. The van der Waals surface area contributed by atoms with Crippen molar-refractivity contribution in [3.63, 3.8) is 0 Å². The van der Waals surface area contributed by atoms with Crippen molar-refractivity contribution in [1.29, 1.82) is 0 Å². The first kappa shape index (κ1) is 21.9. The van der Waals surface area contributed by atoms with Crippen molar-refractivity contribution < 1.29 is 22.8 Å². The highest BCUT2D eigenvalue weighted by Crippen LogP contribution is 2.27. The minimum absolute atomic E-state index is 0.0649. The second kappa shape index (κ2) is 9.34. The lowest BCUT2D eigenvalue weighted by atomic mass is 10.1. The predicted molar refractivity (Wildman–Crippen MR) is 114 cm³/mol. The summed E-state index contributed by atoms with van der Waals surface area (Å²) in [6, 6.07) is 7.92. The molecule has 0 aromatic heterocycles. The van der Waals surface area contributed by atoms with Gasteiger partial charge in [0.15, 0.2) is 16.4 Å². The van der Waals surface area contributed by atoms with E-state index >= 15 is 0 Å². The van der Waals surface area contributed by atoms with Crippen LogP contribution in [0.25, 0.3) is 0 Å². The molecule has 0 aliphatic carbocycles. The van der Waals surface area contributed by atoms with Crippen molar-refractivity contribution in [2.45, 2.75) is 38.8 Å². The Balaban J connectivity index is 1.60. The number of nitrogens with one attached hydrogen (secondary N) is 1. The molecule has 2 saturated heterocycles. The summed E-state index contributed by atoms with van der Waals surface area (Å²) in [7, 11) is -1.33. The van der Waals surface area contributed by atoms with Gasteiger partial charge in [-0.25, -0.2) is 8.42 Å². The monoisotopic (exact) mass is 424 g/mol. The number of carbonyl (C=O) groups excluding carboxylic acids is 1. The van der Waals surface area contributed by atoms with Gasteiger partial charge in [0, 0.05) is 12.1 Å². The van der Waals surface area contributed by atoms with E-state index < -0.39 is 9.84 Å². The summed E-state index contributed by atoms with van der Waals surface area (Å²) in [5, 5.41) is 0. The van der Waals surface area contributed by atoms with Crippen LogP contribution in [0, 0.1) is 0 Å². The summed E-state index contributed by atoms with van der Waals surface area (Å²) in [5.41, 5.74) is 1.10. The topological polar surface area (TPSA) is 71.4 Å². The van der Waals surface area contributed by atoms with Crippen LogP contribution >= 0.6 is 0 Å². The Bertz CT molecular complexity index is 806. The van der Waals surface area contributed by atoms with Crippen LogP contribution in [0.4, 0.5) is 5.69 Å². The first-order valence-corrected chi connectivity index (χ1v) is 12.4. The van der Waals surface area contributed by atoms with Crippen molar-refractivity contribution in [2.75, 3.05) is 56.2 Å². The van der Waals surface area contributed by atoms with Crippen molar-refractivity contribution in [3.05, 3.63) is 24.3 Å². The fourth-order valence-electron chi connectivity index (χ4n) is 4.44. The van der Waals surface area contributed by atoms with E-state index in [1.165, 1.54) is 4.90 Å². The minimum Gasteiger partial charge on any atom is -0.495 e. The Labute approximate surface area is 174 Å². The van der Waals surface area contributed by atoms with Crippen LogP contribution < -0.4 is 14.5 Å². The average molecular weight is 425 g/mol. The molecule has 1 aromatic carbocycles. The Kier molecular flexibility index (Phi) is 7.05. The zero-order valence-corrected chi connectivity index (χ0v) is 18.6. The van der Waals surface area contributed by atoms with Crippen LogP contribution in [0.2, 0.25) is 0 Å². The maximum absolute atomic E-state index is 13.1. The number of anilines is 1. The number of hydrogen-bond donors (Lipinski definition) is 1. The van der Waals surface area contributed by atoms with Crippen molar-refractivity contribution in [1.82, 2.24) is 4.90 Å². The fraction of sp³-hybridized carbons (Fsp3) is 0.667. The quantitative estimate of drug-likeness (QED) is 0.678. The van der Waals surface area contributed by atoms with Gasteiger partial charge in [-0.2, -0.15) is 0 Å². The number of quaternary nitrogens is 1. The summed E-state index contributed by atoms with van der Waals surface area (Å²) >= 11 is 0. The second-order valence-corrected chi connectivity index (χ2v) is 10.4. The number of rotatable bonds is 7. The predicted octanol–water partition coefficient (Wildman–Crippen LogP) is 0.214. The van der Waals surface area contributed by atoms with E-state index in [2.05, 4.69) is 11.0 Å². The summed E-state index contributed by atoms with van der Waals surface area (Å²) in [5.74, 6) is 1.27. The number of ether oxygens (including phenoxy) is 1. The van der Waals surface area contributed by atoms with E-state index in [0.717, 1.165) is 44.0 Å². The molecule has 0 spiro atoms. The van der Waals surface area contributed by atoms with Gasteiger partial charge >= 0.3 is 0 Å². The Hall–Kier alpha value is -1.80. The van der Waals surface area contributed by atoms with Crippen LogP contribution in [0.1, 0.15) is 26.7 Å². The molecule has 8 heteroatoms. The molecule has 29 heavy (non-hydrogen) atoms. The number of nitrogens with zero attached hydrogens (tertiary/aromatic N) is 2. The number of methoxy groups -OCH3 is 1. The number of piperazine rings is 1. The van der Waals surface area contributed by atoms with Gasteiger partial charge in [-0.05, 0) is 31.9 Å². The maximum atomic E-state index is 13.1. The van der Waals surface area contributed by atoms with E-state index in [0.29, 0.717) is 13.0 Å². The lowest BCUT2D eigenvalue weighted by molar-refractivity contribution is -0.892. The van der Waals surface area contributed by atoms with E-state index in [4.69, 9.17) is 4.74 Å². The molecule has 1 amide bonds. The molecule has 7 nitrogen and oxygen atoms in total. The third kappa shape index (κ3) is 5.22. The Morgan fingerprint density at radius 2 is 2.00 bits per heavy atom. The molecule has 162 valence electrons. The van der Waals surface area contributed by atoms with Gasteiger partial charge in [0.1, 0.15) is 5.75 Å². The number of sulfone groups is 1. The lowest BCUT2D eigenvalue weighted by Crippen LogP contribution is -3.16. The molecule has 1 N–H and O–H groups in total. The van der Waals surface area contributed by atoms with Gasteiger partial charge in [0.25, 0.3) is 5.91 Å². The van der Waals surface area contributed by atoms with Crippen LogP contribution in [-0.2, 0) is 14.6 Å². The SMILES string of the molecule is CC[C@@H](C)N(C(=O)C[NH+]1CCN(c2ccccc2OC)CC1)[C@H]1CCS(=O)(=O)C1.